The molecule has 0 radical (unpaired) electrons. The van der Waals surface area contributed by atoms with Crippen LogP contribution in [0.2, 0.25) is 10.0 Å². The molecular weight excluding hydrogens is 387 g/mol. The molecule has 0 aliphatic carbocycles. The molecule has 1 N–H and O–H groups in total. The van der Waals surface area contributed by atoms with Gasteiger partial charge in [0.15, 0.2) is 0 Å². The SMILES string of the molecule is CCC1(c2ccc(OC)c(C)c2)NC(=O)N(Cc2ccc(Cl)c(Cl)c2)C1=O. The molecule has 1 heterocycles. The van der Waals surface area contributed by atoms with Gasteiger partial charge >= 0.3 is 6.03 Å². The van der Waals surface area contributed by atoms with Crippen molar-refractivity contribution >= 4 is 35.1 Å². The van der Waals surface area contributed by atoms with Gasteiger partial charge in [-0.2, -0.15) is 0 Å². The van der Waals surface area contributed by atoms with Gasteiger partial charge in [0.1, 0.15) is 11.3 Å². The molecule has 2 aromatic carbocycles. The molecule has 1 aliphatic heterocycles. The third kappa shape index (κ3) is 3.37. The number of halogens is 2. The third-order valence-electron chi connectivity index (χ3n) is 4.92. The highest BCUT2D eigenvalue weighted by molar-refractivity contribution is 6.42. The van der Waals surface area contributed by atoms with Crippen LogP contribution in [-0.4, -0.2) is 23.9 Å². The number of aryl methyl sites for hydroxylation is 1. The van der Waals surface area contributed by atoms with Crippen LogP contribution in [0.5, 0.6) is 5.75 Å². The molecule has 1 aliphatic rings. The number of rotatable bonds is 5. The maximum atomic E-state index is 13.2. The van der Waals surface area contributed by atoms with E-state index < -0.39 is 11.6 Å². The van der Waals surface area contributed by atoms with Gasteiger partial charge in [-0.3, -0.25) is 9.69 Å². The van der Waals surface area contributed by atoms with Crippen LogP contribution in [-0.2, 0) is 16.9 Å². The highest BCUT2D eigenvalue weighted by Crippen LogP contribution is 2.35. The summed E-state index contributed by atoms with van der Waals surface area (Å²) in [6.07, 6.45) is 0.432. The van der Waals surface area contributed by atoms with Gasteiger partial charge in [0.25, 0.3) is 5.91 Å². The van der Waals surface area contributed by atoms with E-state index in [-0.39, 0.29) is 12.5 Å². The lowest BCUT2D eigenvalue weighted by Gasteiger charge is -2.26. The first-order chi connectivity index (χ1) is 12.8. The lowest BCUT2D eigenvalue weighted by molar-refractivity contribution is -0.132. The fourth-order valence-corrected chi connectivity index (χ4v) is 3.69. The predicted octanol–water partition coefficient (Wildman–Crippen LogP) is 4.67. The molecule has 1 fully saturated rings. The lowest BCUT2D eigenvalue weighted by atomic mass is 9.86. The van der Waals surface area contributed by atoms with Gasteiger partial charge in [0.2, 0.25) is 0 Å². The second-order valence-electron chi connectivity index (χ2n) is 6.51. The van der Waals surface area contributed by atoms with Crippen LogP contribution in [0.25, 0.3) is 0 Å². The second kappa shape index (κ2) is 7.41. The van der Waals surface area contributed by atoms with Gasteiger partial charge in [-0.1, -0.05) is 42.3 Å². The number of benzene rings is 2. The number of carbonyl (C=O) groups excluding carboxylic acids is 2. The number of nitrogens with zero attached hydrogens (tertiary/aromatic N) is 1. The Bertz CT molecular complexity index is 916. The van der Waals surface area contributed by atoms with E-state index in [0.717, 1.165) is 22.4 Å². The van der Waals surface area contributed by atoms with E-state index >= 15 is 0 Å². The Hall–Kier alpha value is -2.24. The zero-order valence-corrected chi connectivity index (χ0v) is 16.8. The molecule has 0 spiro atoms. The smallest absolute Gasteiger partial charge is 0.325 e. The van der Waals surface area contributed by atoms with Gasteiger partial charge in [0, 0.05) is 0 Å². The second-order valence-corrected chi connectivity index (χ2v) is 7.33. The molecule has 3 rings (SSSR count). The van der Waals surface area contributed by atoms with E-state index in [4.69, 9.17) is 27.9 Å². The van der Waals surface area contributed by atoms with Crippen LogP contribution in [0, 0.1) is 6.92 Å². The first-order valence-electron chi connectivity index (χ1n) is 8.55. The van der Waals surface area contributed by atoms with Crippen LogP contribution < -0.4 is 10.1 Å². The standard InChI is InChI=1S/C20H20Cl2N2O3/c1-4-20(14-6-8-17(27-3)12(2)9-14)18(25)24(19(26)23-20)11-13-5-7-15(21)16(22)10-13/h5-10H,4,11H2,1-3H3,(H,23,26). The quantitative estimate of drug-likeness (QED) is 0.733. The Kier molecular flexibility index (Phi) is 5.36. The molecule has 1 unspecified atom stereocenters. The fourth-order valence-electron chi connectivity index (χ4n) is 3.37. The van der Waals surface area contributed by atoms with E-state index in [2.05, 4.69) is 5.32 Å². The molecule has 5 nitrogen and oxygen atoms in total. The summed E-state index contributed by atoms with van der Waals surface area (Å²) < 4.78 is 5.29. The van der Waals surface area contributed by atoms with Crippen molar-refractivity contribution in [1.82, 2.24) is 10.2 Å². The van der Waals surface area contributed by atoms with E-state index in [0.29, 0.717) is 16.5 Å². The minimum Gasteiger partial charge on any atom is -0.496 e. The Morgan fingerprint density at radius 3 is 2.44 bits per heavy atom. The molecule has 3 amide bonds. The normalized spacial score (nSPS) is 19.4. The highest BCUT2D eigenvalue weighted by atomic mass is 35.5. The number of imide groups is 1. The minimum absolute atomic E-state index is 0.123. The summed E-state index contributed by atoms with van der Waals surface area (Å²) in [4.78, 5) is 27.1. The van der Waals surface area contributed by atoms with Gasteiger partial charge < -0.3 is 10.1 Å². The monoisotopic (exact) mass is 406 g/mol. The summed E-state index contributed by atoms with van der Waals surface area (Å²) in [7, 11) is 1.60. The maximum Gasteiger partial charge on any atom is 0.325 e. The van der Waals surface area contributed by atoms with Crippen molar-refractivity contribution in [2.24, 2.45) is 0 Å². The zero-order valence-electron chi connectivity index (χ0n) is 15.3. The van der Waals surface area contributed by atoms with Crippen molar-refractivity contribution < 1.29 is 14.3 Å². The summed E-state index contributed by atoms with van der Waals surface area (Å²) in [5, 5.41) is 3.69. The number of amides is 3. The van der Waals surface area contributed by atoms with Crippen LogP contribution in [0.3, 0.4) is 0 Å². The molecule has 142 valence electrons. The summed E-state index contributed by atoms with van der Waals surface area (Å²) in [5.41, 5.74) is 1.27. The largest absolute Gasteiger partial charge is 0.496 e. The summed E-state index contributed by atoms with van der Waals surface area (Å²) in [6.45, 7) is 3.90. The number of methoxy groups -OCH3 is 1. The third-order valence-corrected chi connectivity index (χ3v) is 5.66. The van der Waals surface area contributed by atoms with Crippen molar-refractivity contribution in [3.8, 4) is 5.75 Å². The number of hydrogen-bond acceptors (Lipinski definition) is 3. The molecule has 1 atom stereocenters. The Morgan fingerprint density at radius 1 is 1.11 bits per heavy atom. The van der Waals surface area contributed by atoms with Gasteiger partial charge in [-0.25, -0.2) is 4.79 Å². The molecule has 0 aromatic heterocycles. The Labute approximate surface area is 168 Å². The highest BCUT2D eigenvalue weighted by Gasteiger charge is 2.51. The molecule has 0 bridgehead atoms. The van der Waals surface area contributed by atoms with Gasteiger partial charge in [-0.15, -0.1) is 0 Å². The fraction of sp³-hybridized carbons (Fsp3) is 0.300. The summed E-state index contributed by atoms with van der Waals surface area (Å²) in [6, 6.07) is 10.1. The summed E-state index contributed by atoms with van der Waals surface area (Å²) in [5.74, 6) is 0.445. The van der Waals surface area contributed by atoms with E-state index in [9.17, 15) is 9.59 Å². The van der Waals surface area contributed by atoms with E-state index in [1.54, 1.807) is 25.3 Å². The molecular formula is C20H20Cl2N2O3. The van der Waals surface area contributed by atoms with Gasteiger partial charge in [0.05, 0.1) is 23.7 Å². The average molecular weight is 407 g/mol. The molecule has 0 saturated carbocycles. The van der Waals surface area contributed by atoms with E-state index in [1.165, 1.54) is 4.90 Å². The van der Waals surface area contributed by atoms with Crippen molar-refractivity contribution in [2.45, 2.75) is 32.4 Å². The van der Waals surface area contributed by atoms with Crippen LogP contribution >= 0.6 is 23.2 Å². The van der Waals surface area contributed by atoms with Crippen molar-refractivity contribution in [2.75, 3.05) is 7.11 Å². The molecule has 27 heavy (non-hydrogen) atoms. The number of nitrogens with one attached hydrogen (secondary N) is 1. The average Bonchev–Trinajstić information content (AvgIpc) is 2.89. The van der Waals surface area contributed by atoms with Crippen molar-refractivity contribution in [3.63, 3.8) is 0 Å². The van der Waals surface area contributed by atoms with Crippen LogP contribution in [0.15, 0.2) is 36.4 Å². The summed E-state index contributed by atoms with van der Waals surface area (Å²) >= 11 is 12.0. The van der Waals surface area contributed by atoms with Crippen LogP contribution in [0.4, 0.5) is 4.79 Å². The number of carbonyl (C=O) groups is 2. The first-order valence-corrected chi connectivity index (χ1v) is 9.31. The van der Waals surface area contributed by atoms with Crippen LogP contribution in [0.1, 0.15) is 30.0 Å². The minimum atomic E-state index is -1.09. The Balaban J connectivity index is 1.94. The van der Waals surface area contributed by atoms with Gasteiger partial charge in [-0.05, 0) is 54.3 Å². The Morgan fingerprint density at radius 2 is 1.85 bits per heavy atom. The number of hydrogen-bond donors (Lipinski definition) is 1. The lowest BCUT2D eigenvalue weighted by Crippen LogP contribution is -2.43. The number of urea groups is 1. The predicted molar refractivity (Wildman–Crippen MR) is 105 cm³/mol. The molecule has 7 heteroatoms. The topological polar surface area (TPSA) is 58.6 Å². The van der Waals surface area contributed by atoms with Crippen molar-refractivity contribution in [3.05, 3.63) is 63.1 Å². The first kappa shape index (κ1) is 19.5. The molecule has 2 aromatic rings. The molecule has 1 saturated heterocycles. The maximum absolute atomic E-state index is 13.2. The van der Waals surface area contributed by atoms with E-state index in [1.807, 2.05) is 32.0 Å². The van der Waals surface area contributed by atoms with Crippen molar-refractivity contribution in [1.29, 1.82) is 0 Å². The number of ether oxygens (including phenoxy) is 1. The zero-order chi connectivity index (χ0) is 19.8.